The number of halogens is 1. The maximum absolute atomic E-state index is 12.9. The molecule has 1 aliphatic heterocycles. The van der Waals surface area contributed by atoms with Crippen LogP contribution in [0.15, 0.2) is 53.8 Å². The molecule has 3 aromatic rings. The van der Waals surface area contributed by atoms with Gasteiger partial charge in [-0.1, -0.05) is 6.07 Å². The molecular formula is C20H19FN6O. The fourth-order valence-corrected chi connectivity index (χ4v) is 2.66. The quantitative estimate of drug-likeness (QED) is 0.724. The third-order valence-electron chi connectivity index (χ3n) is 4.41. The average molecular weight is 378 g/mol. The summed E-state index contributed by atoms with van der Waals surface area (Å²) in [6, 6.07) is 9.65. The first kappa shape index (κ1) is 17.8. The Morgan fingerprint density at radius 2 is 1.93 bits per heavy atom. The minimum atomic E-state index is -0.307. The molecule has 0 saturated carbocycles. The van der Waals surface area contributed by atoms with E-state index in [0.29, 0.717) is 24.1 Å². The largest absolute Gasteiger partial charge is 0.439 e. The van der Waals surface area contributed by atoms with Gasteiger partial charge in [-0.3, -0.25) is 4.99 Å². The van der Waals surface area contributed by atoms with Crippen LogP contribution in [-0.4, -0.2) is 34.3 Å². The number of hydrogen-bond acceptors (Lipinski definition) is 7. The van der Waals surface area contributed by atoms with Crippen LogP contribution < -0.4 is 15.0 Å². The smallest absolute Gasteiger partial charge is 0.225 e. The Labute approximate surface area is 162 Å². The Kier molecular flexibility index (Phi) is 4.84. The highest BCUT2D eigenvalue weighted by molar-refractivity contribution is 5.81. The summed E-state index contributed by atoms with van der Waals surface area (Å²) >= 11 is 0. The predicted molar refractivity (Wildman–Crippen MR) is 106 cm³/mol. The van der Waals surface area contributed by atoms with E-state index in [1.54, 1.807) is 30.6 Å². The van der Waals surface area contributed by atoms with Gasteiger partial charge in [-0.25, -0.2) is 14.4 Å². The molecule has 0 radical (unpaired) electrons. The Bertz CT molecular complexity index is 991. The summed E-state index contributed by atoms with van der Waals surface area (Å²) in [5.41, 5.74) is 1.71. The van der Waals surface area contributed by atoms with E-state index in [0.717, 1.165) is 17.1 Å². The summed E-state index contributed by atoms with van der Waals surface area (Å²) in [5, 5.41) is 3.20. The second-order valence-corrected chi connectivity index (χ2v) is 6.45. The van der Waals surface area contributed by atoms with Gasteiger partial charge in [-0.05, 0) is 36.8 Å². The third-order valence-corrected chi connectivity index (χ3v) is 4.41. The maximum Gasteiger partial charge on any atom is 0.225 e. The van der Waals surface area contributed by atoms with E-state index in [2.05, 4.69) is 37.1 Å². The Balaban J connectivity index is 1.39. The number of anilines is 2. The fraction of sp³-hybridized carbons (Fsp3) is 0.200. The molecule has 0 spiro atoms. The fourth-order valence-electron chi connectivity index (χ4n) is 2.66. The van der Waals surface area contributed by atoms with Gasteiger partial charge in [0.15, 0.2) is 5.82 Å². The van der Waals surface area contributed by atoms with E-state index in [-0.39, 0.29) is 11.9 Å². The van der Waals surface area contributed by atoms with Gasteiger partial charge in [-0.15, -0.1) is 0 Å². The van der Waals surface area contributed by atoms with Crippen molar-refractivity contribution in [1.29, 1.82) is 0 Å². The molecule has 0 bridgehead atoms. The van der Waals surface area contributed by atoms with Crippen molar-refractivity contribution in [2.75, 3.05) is 17.3 Å². The zero-order chi connectivity index (χ0) is 19.5. The van der Waals surface area contributed by atoms with Gasteiger partial charge in [0.1, 0.15) is 17.3 Å². The van der Waals surface area contributed by atoms with Crippen molar-refractivity contribution in [3.05, 3.63) is 60.2 Å². The van der Waals surface area contributed by atoms with Gasteiger partial charge in [0.25, 0.3) is 0 Å². The third kappa shape index (κ3) is 3.90. The van der Waals surface area contributed by atoms with E-state index in [4.69, 9.17) is 4.74 Å². The summed E-state index contributed by atoms with van der Waals surface area (Å²) in [6.07, 6.45) is 5.30. The monoisotopic (exact) mass is 378 g/mol. The summed E-state index contributed by atoms with van der Waals surface area (Å²) in [7, 11) is 1.98. The highest BCUT2D eigenvalue weighted by Crippen LogP contribution is 2.30. The van der Waals surface area contributed by atoms with Crippen LogP contribution >= 0.6 is 0 Å². The number of hydrogen-bond donors (Lipinski definition) is 1. The molecule has 0 fully saturated rings. The molecule has 2 aromatic heterocycles. The molecule has 0 amide bonds. The molecular weight excluding hydrogens is 359 g/mol. The highest BCUT2D eigenvalue weighted by atomic mass is 19.1. The molecule has 28 heavy (non-hydrogen) atoms. The number of benzene rings is 1. The van der Waals surface area contributed by atoms with Crippen molar-refractivity contribution in [1.82, 2.24) is 15.0 Å². The zero-order valence-corrected chi connectivity index (χ0v) is 15.5. The van der Waals surface area contributed by atoms with Crippen LogP contribution in [0, 0.1) is 5.82 Å². The topological polar surface area (TPSA) is 75.5 Å². The van der Waals surface area contributed by atoms with Gasteiger partial charge in [0.2, 0.25) is 11.8 Å². The number of nitrogens with one attached hydrogen (secondary N) is 1. The summed E-state index contributed by atoms with van der Waals surface area (Å²) in [5.74, 6) is 1.99. The van der Waals surface area contributed by atoms with Gasteiger partial charge >= 0.3 is 0 Å². The summed E-state index contributed by atoms with van der Waals surface area (Å²) < 4.78 is 18.5. The second-order valence-electron chi connectivity index (χ2n) is 6.45. The summed E-state index contributed by atoms with van der Waals surface area (Å²) in [4.78, 5) is 19.6. The lowest BCUT2D eigenvalue weighted by molar-refractivity contribution is 0.461. The standard InChI is InChI=1S/C20H19FN6O/c1-13-9-22-17-12-25-20(26-19(17)27(13)2)24-11-14-3-8-18(23-10-14)28-16-6-4-15(21)5-7-16/h3-10,12-13H,11H2,1-2H3,(H,24,25,26)/t13-/m0/s1. The molecule has 1 aromatic carbocycles. The lowest BCUT2D eigenvalue weighted by Gasteiger charge is -2.27. The molecule has 7 nitrogen and oxygen atoms in total. The predicted octanol–water partition coefficient (Wildman–Crippen LogP) is 3.96. The van der Waals surface area contributed by atoms with Crippen LogP contribution in [0.5, 0.6) is 11.6 Å². The van der Waals surface area contributed by atoms with E-state index < -0.39 is 0 Å². The highest BCUT2D eigenvalue weighted by Gasteiger charge is 2.19. The van der Waals surface area contributed by atoms with Crippen LogP contribution in [0.2, 0.25) is 0 Å². The number of pyridine rings is 1. The molecule has 3 heterocycles. The minimum absolute atomic E-state index is 0.188. The van der Waals surface area contributed by atoms with Crippen LogP contribution in [0.25, 0.3) is 0 Å². The Hall–Kier alpha value is -3.55. The second kappa shape index (κ2) is 7.59. The first-order valence-electron chi connectivity index (χ1n) is 8.85. The number of aliphatic imine (C=N–C) groups is 1. The lowest BCUT2D eigenvalue weighted by atomic mass is 10.2. The van der Waals surface area contributed by atoms with Crippen molar-refractivity contribution in [2.45, 2.75) is 19.5 Å². The summed E-state index contributed by atoms with van der Waals surface area (Å²) in [6.45, 7) is 2.58. The van der Waals surface area contributed by atoms with Crippen molar-refractivity contribution in [3.63, 3.8) is 0 Å². The maximum atomic E-state index is 12.9. The van der Waals surface area contributed by atoms with Crippen LogP contribution in [-0.2, 0) is 6.54 Å². The first-order valence-corrected chi connectivity index (χ1v) is 8.85. The van der Waals surface area contributed by atoms with E-state index in [1.807, 2.05) is 19.3 Å². The number of nitrogens with zero attached hydrogens (tertiary/aromatic N) is 5. The molecule has 1 atom stereocenters. The van der Waals surface area contributed by atoms with Crippen molar-refractivity contribution in [3.8, 4) is 11.6 Å². The van der Waals surface area contributed by atoms with Crippen molar-refractivity contribution >= 4 is 23.7 Å². The van der Waals surface area contributed by atoms with Gasteiger partial charge < -0.3 is 15.0 Å². The molecule has 0 saturated heterocycles. The number of fused-ring (bicyclic) bond motifs is 1. The number of rotatable bonds is 5. The minimum Gasteiger partial charge on any atom is -0.439 e. The van der Waals surface area contributed by atoms with Crippen LogP contribution in [0.3, 0.4) is 0 Å². The molecule has 0 aliphatic carbocycles. The SMILES string of the molecule is C[C@H]1C=Nc2cnc(NCc3ccc(Oc4ccc(F)cc4)nc3)nc2N1C. The number of ether oxygens (including phenoxy) is 1. The van der Waals surface area contributed by atoms with Crippen LogP contribution in [0.4, 0.5) is 21.8 Å². The molecule has 142 valence electrons. The molecule has 0 unspecified atom stereocenters. The Morgan fingerprint density at radius 3 is 2.68 bits per heavy atom. The molecule has 1 aliphatic rings. The Morgan fingerprint density at radius 1 is 1.11 bits per heavy atom. The lowest BCUT2D eigenvalue weighted by Crippen LogP contribution is -2.33. The normalized spacial score (nSPS) is 15.2. The van der Waals surface area contributed by atoms with Gasteiger partial charge in [-0.2, -0.15) is 4.98 Å². The number of aromatic nitrogens is 3. The molecule has 4 rings (SSSR count). The average Bonchev–Trinajstić information content (AvgIpc) is 2.72. The first-order chi connectivity index (χ1) is 13.6. The van der Waals surface area contributed by atoms with Gasteiger partial charge in [0.05, 0.1) is 12.2 Å². The van der Waals surface area contributed by atoms with Gasteiger partial charge in [0, 0.05) is 32.1 Å². The van der Waals surface area contributed by atoms with E-state index in [9.17, 15) is 4.39 Å². The van der Waals surface area contributed by atoms with Crippen LogP contribution in [0.1, 0.15) is 12.5 Å². The van der Waals surface area contributed by atoms with Crippen molar-refractivity contribution in [2.24, 2.45) is 4.99 Å². The van der Waals surface area contributed by atoms with E-state index in [1.165, 1.54) is 12.1 Å². The van der Waals surface area contributed by atoms with E-state index >= 15 is 0 Å². The molecule has 1 N–H and O–H groups in total. The van der Waals surface area contributed by atoms with Crippen molar-refractivity contribution < 1.29 is 9.13 Å². The molecule has 8 heteroatoms. The zero-order valence-electron chi connectivity index (χ0n) is 15.5.